The van der Waals surface area contributed by atoms with Crippen molar-refractivity contribution >= 4 is 17.8 Å². The average Bonchev–Trinajstić information content (AvgIpc) is 2.78. The van der Waals surface area contributed by atoms with Gasteiger partial charge in [-0.25, -0.2) is 4.79 Å². The van der Waals surface area contributed by atoms with Gasteiger partial charge in [0.05, 0.1) is 18.7 Å². The molecule has 2 rings (SSSR count). The second-order valence-electron chi connectivity index (χ2n) is 10.5. The SMILES string of the molecule is CCOC(=O)/C(C)=C/[C@H](C(C)C)N(C)C(=O)[C@@H](NC(=O)[C@H]1Cc2ccccc2CN1)C(C)(C)C. The fraction of sp³-hybridized carbons (Fsp3) is 0.593. The molecule has 7 nitrogen and oxygen atoms in total. The maximum absolute atomic E-state index is 13.7. The smallest absolute Gasteiger partial charge is 0.333 e. The van der Waals surface area contributed by atoms with Gasteiger partial charge in [0, 0.05) is 19.2 Å². The van der Waals surface area contributed by atoms with Crippen molar-refractivity contribution in [2.75, 3.05) is 13.7 Å². The van der Waals surface area contributed by atoms with Gasteiger partial charge in [0.2, 0.25) is 11.8 Å². The van der Waals surface area contributed by atoms with Crippen LogP contribution in [0.4, 0.5) is 0 Å². The Kier molecular flexibility index (Phi) is 9.45. The van der Waals surface area contributed by atoms with Crippen LogP contribution in [0.25, 0.3) is 0 Å². The minimum Gasteiger partial charge on any atom is -0.463 e. The molecule has 1 aromatic rings. The van der Waals surface area contributed by atoms with E-state index < -0.39 is 23.5 Å². The summed E-state index contributed by atoms with van der Waals surface area (Å²) in [7, 11) is 1.72. The van der Waals surface area contributed by atoms with Gasteiger partial charge in [0.1, 0.15) is 6.04 Å². The lowest BCUT2D eigenvalue weighted by molar-refractivity contribution is -0.141. The molecule has 0 radical (unpaired) electrons. The van der Waals surface area contributed by atoms with Gasteiger partial charge in [-0.15, -0.1) is 0 Å². The number of esters is 1. The van der Waals surface area contributed by atoms with Crippen LogP contribution in [0.5, 0.6) is 0 Å². The Morgan fingerprint density at radius 1 is 1.21 bits per heavy atom. The summed E-state index contributed by atoms with van der Waals surface area (Å²) in [5.74, 6) is -0.705. The number of nitrogens with zero attached hydrogens (tertiary/aromatic N) is 1. The maximum Gasteiger partial charge on any atom is 0.333 e. The number of fused-ring (bicyclic) bond motifs is 1. The minimum absolute atomic E-state index is 0.0613. The highest BCUT2D eigenvalue weighted by Gasteiger charge is 2.38. The van der Waals surface area contributed by atoms with E-state index in [-0.39, 0.29) is 23.8 Å². The van der Waals surface area contributed by atoms with Crippen LogP contribution in [0, 0.1) is 11.3 Å². The van der Waals surface area contributed by atoms with Crippen molar-refractivity contribution in [3.05, 3.63) is 47.0 Å². The van der Waals surface area contributed by atoms with E-state index in [0.29, 0.717) is 25.1 Å². The first-order valence-electron chi connectivity index (χ1n) is 12.1. The molecule has 2 amide bonds. The van der Waals surface area contributed by atoms with Gasteiger partial charge in [-0.2, -0.15) is 0 Å². The number of hydrogen-bond acceptors (Lipinski definition) is 5. The molecular formula is C27H41N3O4. The Bertz CT molecular complexity index is 917. The molecule has 0 bridgehead atoms. The average molecular weight is 472 g/mol. The molecule has 0 fully saturated rings. The van der Waals surface area contributed by atoms with Crippen LogP contribution >= 0.6 is 0 Å². The number of rotatable bonds is 8. The number of ether oxygens (including phenoxy) is 1. The monoisotopic (exact) mass is 471 g/mol. The summed E-state index contributed by atoms with van der Waals surface area (Å²) >= 11 is 0. The predicted molar refractivity (Wildman–Crippen MR) is 134 cm³/mol. The van der Waals surface area contributed by atoms with Crippen LogP contribution in [0.15, 0.2) is 35.9 Å². The third kappa shape index (κ3) is 6.92. The van der Waals surface area contributed by atoms with Crippen LogP contribution in [0.3, 0.4) is 0 Å². The number of carbonyl (C=O) groups excluding carboxylic acids is 3. The summed E-state index contributed by atoms with van der Waals surface area (Å²) in [5.41, 5.74) is 2.30. The highest BCUT2D eigenvalue weighted by atomic mass is 16.5. The molecular weight excluding hydrogens is 430 g/mol. The predicted octanol–water partition coefficient (Wildman–Crippen LogP) is 3.22. The van der Waals surface area contributed by atoms with Crippen molar-refractivity contribution in [2.24, 2.45) is 11.3 Å². The highest BCUT2D eigenvalue weighted by Crippen LogP contribution is 2.24. The molecule has 1 aromatic carbocycles. The summed E-state index contributed by atoms with van der Waals surface area (Å²) in [4.78, 5) is 40.7. The number of nitrogens with one attached hydrogen (secondary N) is 2. The lowest BCUT2D eigenvalue weighted by Crippen LogP contribution is -2.59. The minimum atomic E-state index is -0.721. The molecule has 0 aromatic heterocycles. The van der Waals surface area contributed by atoms with E-state index in [9.17, 15) is 14.4 Å². The molecule has 1 heterocycles. The second kappa shape index (κ2) is 11.6. The third-order valence-corrected chi connectivity index (χ3v) is 6.29. The zero-order chi connectivity index (χ0) is 25.6. The van der Waals surface area contributed by atoms with Gasteiger partial charge in [0.15, 0.2) is 0 Å². The Labute approximate surface area is 204 Å². The summed E-state index contributed by atoms with van der Waals surface area (Å²) < 4.78 is 5.10. The highest BCUT2D eigenvalue weighted by molar-refractivity contribution is 5.91. The molecule has 34 heavy (non-hydrogen) atoms. The van der Waals surface area contributed by atoms with Crippen molar-refractivity contribution in [1.29, 1.82) is 0 Å². The number of hydrogen-bond donors (Lipinski definition) is 2. The van der Waals surface area contributed by atoms with Crippen LogP contribution in [-0.2, 0) is 32.1 Å². The fourth-order valence-electron chi connectivity index (χ4n) is 4.20. The molecule has 1 aliphatic rings. The van der Waals surface area contributed by atoms with E-state index in [1.807, 2.05) is 52.8 Å². The Hall–Kier alpha value is -2.67. The Morgan fingerprint density at radius 3 is 2.38 bits per heavy atom. The van der Waals surface area contributed by atoms with Crippen molar-refractivity contribution in [3.8, 4) is 0 Å². The van der Waals surface area contributed by atoms with Crippen molar-refractivity contribution in [1.82, 2.24) is 15.5 Å². The van der Waals surface area contributed by atoms with Crippen LogP contribution in [0.1, 0.15) is 59.6 Å². The molecule has 0 aliphatic carbocycles. The maximum atomic E-state index is 13.7. The van der Waals surface area contributed by atoms with Gasteiger partial charge >= 0.3 is 5.97 Å². The molecule has 188 valence electrons. The molecule has 0 saturated heterocycles. The molecule has 3 atom stereocenters. The van der Waals surface area contributed by atoms with Crippen LogP contribution in [-0.4, -0.2) is 54.5 Å². The largest absolute Gasteiger partial charge is 0.463 e. The van der Waals surface area contributed by atoms with Crippen LogP contribution < -0.4 is 10.6 Å². The van der Waals surface area contributed by atoms with E-state index in [1.54, 1.807) is 31.9 Å². The summed E-state index contributed by atoms with van der Waals surface area (Å²) in [6.07, 6.45) is 2.36. The fourth-order valence-corrected chi connectivity index (χ4v) is 4.20. The zero-order valence-corrected chi connectivity index (χ0v) is 21.9. The Morgan fingerprint density at radius 2 is 1.82 bits per heavy atom. The van der Waals surface area contributed by atoms with E-state index in [2.05, 4.69) is 16.7 Å². The molecule has 0 unspecified atom stereocenters. The van der Waals surface area contributed by atoms with Gasteiger partial charge in [-0.1, -0.05) is 65.0 Å². The van der Waals surface area contributed by atoms with Crippen molar-refractivity contribution in [3.63, 3.8) is 0 Å². The molecule has 0 saturated carbocycles. The lowest BCUT2D eigenvalue weighted by Gasteiger charge is -2.38. The summed E-state index contributed by atoms with van der Waals surface area (Å²) in [6, 6.07) is 6.64. The number of likely N-dealkylation sites (N-methyl/N-ethyl adjacent to an activating group) is 1. The number of benzene rings is 1. The third-order valence-electron chi connectivity index (χ3n) is 6.29. The normalized spacial score (nSPS) is 18.0. The lowest BCUT2D eigenvalue weighted by atomic mass is 9.84. The second-order valence-corrected chi connectivity index (χ2v) is 10.5. The molecule has 7 heteroatoms. The van der Waals surface area contributed by atoms with E-state index in [4.69, 9.17) is 4.74 Å². The standard InChI is InChI=1S/C27H41N3O4/c1-9-34-26(33)18(4)14-22(17(2)3)30(8)25(32)23(27(5,6)7)29-24(31)21-15-19-12-10-11-13-20(19)16-28-21/h10-14,17,21-23,28H,9,15-16H2,1-8H3,(H,29,31)/b18-14+/t21-,22-,23-/m1/s1. The first-order valence-corrected chi connectivity index (χ1v) is 12.1. The number of carbonyl (C=O) groups is 3. The van der Waals surface area contributed by atoms with E-state index in [0.717, 1.165) is 5.56 Å². The van der Waals surface area contributed by atoms with Gasteiger partial charge in [-0.05, 0) is 42.7 Å². The molecule has 1 aliphatic heterocycles. The zero-order valence-electron chi connectivity index (χ0n) is 21.9. The van der Waals surface area contributed by atoms with Crippen molar-refractivity contribution < 1.29 is 19.1 Å². The van der Waals surface area contributed by atoms with Crippen LogP contribution in [0.2, 0.25) is 0 Å². The summed E-state index contributed by atoms with van der Waals surface area (Å²) in [6.45, 7) is 14.2. The van der Waals surface area contributed by atoms with E-state index >= 15 is 0 Å². The van der Waals surface area contributed by atoms with Gasteiger partial charge in [0.25, 0.3) is 0 Å². The Balaban J connectivity index is 2.21. The van der Waals surface area contributed by atoms with E-state index in [1.165, 1.54) is 5.56 Å². The first-order chi connectivity index (χ1) is 15.9. The van der Waals surface area contributed by atoms with Gasteiger partial charge < -0.3 is 20.3 Å². The molecule has 0 spiro atoms. The summed E-state index contributed by atoms with van der Waals surface area (Å²) in [5, 5.41) is 6.32. The van der Waals surface area contributed by atoms with Gasteiger partial charge in [-0.3, -0.25) is 9.59 Å². The first kappa shape index (κ1) is 27.6. The quantitative estimate of drug-likeness (QED) is 0.449. The number of amides is 2. The topological polar surface area (TPSA) is 87.7 Å². The van der Waals surface area contributed by atoms with Crippen molar-refractivity contribution in [2.45, 2.75) is 79.6 Å². The molecule has 2 N–H and O–H groups in total.